The lowest BCUT2D eigenvalue weighted by Crippen LogP contribution is -2.04. The molecule has 0 fully saturated rings. The Morgan fingerprint density at radius 1 is 0.808 bits per heavy atom. The summed E-state index contributed by atoms with van der Waals surface area (Å²) in [6.45, 7) is 0. The SMILES string of the molecule is O=c1cccc2c1c(Nc1ccccc1)cc1[nH]c3ccccc3nc12. The number of nitrogens with zero attached hydrogens (tertiary/aromatic N) is 1. The number of rotatable bonds is 2. The lowest BCUT2D eigenvalue weighted by molar-refractivity contribution is 1.40. The molecule has 0 atom stereocenters. The summed E-state index contributed by atoms with van der Waals surface area (Å²) in [6.07, 6.45) is 0. The summed E-state index contributed by atoms with van der Waals surface area (Å²) in [5.74, 6) is 0. The zero-order chi connectivity index (χ0) is 17.5. The van der Waals surface area contributed by atoms with Crippen LogP contribution in [0.25, 0.3) is 32.8 Å². The predicted octanol–water partition coefficient (Wildman–Crippen LogP) is 4.97. The molecule has 124 valence electrons. The zero-order valence-electron chi connectivity index (χ0n) is 13.9. The van der Waals surface area contributed by atoms with Gasteiger partial charge in [0, 0.05) is 11.1 Å². The van der Waals surface area contributed by atoms with E-state index in [1.807, 2.05) is 66.7 Å². The maximum absolute atomic E-state index is 12.6. The summed E-state index contributed by atoms with van der Waals surface area (Å²) in [5, 5.41) is 4.88. The van der Waals surface area contributed by atoms with Crippen LogP contribution in [0.1, 0.15) is 0 Å². The number of benzene rings is 4. The molecule has 26 heavy (non-hydrogen) atoms. The van der Waals surface area contributed by atoms with Crippen molar-refractivity contribution < 1.29 is 0 Å². The Morgan fingerprint density at radius 2 is 1.62 bits per heavy atom. The Labute approximate surface area is 149 Å². The minimum Gasteiger partial charge on any atom is -0.355 e. The molecule has 0 aliphatic heterocycles. The molecule has 0 amide bonds. The Balaban J connectivity index is 1.88. The Hall–Kier alpha value is -3.66. The minimum atomic E-state index is -0.0159. The van der Waals surface area contributed by atoms with E-state index in [0.717, 1.165) is 38.8 Å². The number of hydrogen-bond acceptors (Lipinski definition) is 3. The van der Waals surface area contributed by atoms with Gasteiger partial charge in [-0.2, -0.15) is 0 Å². The Morgan fingerprint density at radius 3 is 2.50 bits per heavy atom. The fourth-order valence-electron chi connectivity index (χ4n) is 3.37. The molecule has 4 nitrogen and oxygen atoms in total. The van der Waals surface area contributed by atoms with Gasteiger partial charge in [-0.05, 0) is 36.4 Å². The minimum absolute atomic E-state index is 0.0159. The number of hydrogen-bond donors (Lipinski definition) is 2. The van der Waals surface area contributed by atoms with Gasteiger partial charge in [-0.25, -0.2) is 4.98 Å². The summed E-state index contributed by atoms with van der Waals surface area (Å²) >= 11 is 0. The topological polar surface area (TPSA) is 57.8 Å². The molecule has 0 saturated heterocycles. The normalized spacial score (nSPS) is 11.2. The van der Waals surface area contributed by atoms with Crippen molar-refractivity contribution in [1.29, 1.82) is 0 Å². The van der Waals surface area contributed by atoms with Gasteiger partial charge < -0.3 is 10.3 Å². The number of para-hydroxylation sites is 3. The maximum Gasteiger partial charge on any atom is 0.188 e. The molecule has 5 rings (SSSR count). The van der Waals surface area contributed by atoms with Crippen LogP contribution in [0.15, 0.2) is 83.7 Å². The van der Waals surface area contributed by atoms with Crippen molar-refractivity contribution in [2.45, 2.75) is 0 Å². The van der Waals surface area contributed by atoms with E-state index in [1.165, 1.54) is 0 Å². The van der Waals surface area contributed by atoms with Crippen molar-refractivity contribution in [3.63, 3.8) is 0 Å². The highest BCUT2D eigenvalue weighted by molar-refractivity contribution is 6.11. The van der Waals surface area contributed by atoms with Gasteiger partial charge in [0.25, 0.3) is 0 Å². The van der Waals surface area contributed by atoms with Gasteiger partial charge in [0.2, 0.25) is 0 Å². The predicted molar refractivity (Wildman–Crippen MR) is 107 cm³/mol. The standard InChI is InChI=1S/C22H15N3O/c26-20-12-6-9-15-21(20)18(23-14-7-2-1-3-8-14)13-19-22(15)25-17-11-5-4-10-16(17)24-19/h1-13,23-24H. The highest BCUT2D eigenvalue weighted by atomic mass is 16.1. The van der Waals surface area contributed by atoms with Gasteiger partial charge in [-0.3, -0.25) is 4.79 Å². The lowest BCUT2D eigenvalue weighted by atomic mass is 10.1. The summed E-state index contributed by atoms with van der Waals surface area (Å²) in [5.41, 5.74) is 5.22. The van der Waals surface area contributed by atoms with Gasteiger partial charge in [-0.1, -0.05) is 42.5 Å². The molecule has 0 unspecified atom stereocenters. The van der Waals surface area contributed by atoms with E-state index >= 15 is 0 Å². The Kier molecular flexibility index (Phi) is 3.22. The second-order valence-electron chi connectivity index (χ2n) is 6.24. The molecule has 4 heteroatoms. The number of aromatic nitrogens is 2. The molecule has 0 radical (unpaired) electrons. The molecule has 4 aromatic carbocycles. The molecule has 0 aliphatic carbocycles. The van der Waals surface area contributed by atoms with Crippen LogP contribution in [0.3, 0.4) is 0 Å². The maximum atomic E-state index is 12.6. The van der Waals surface area contributed by atoms with Crippen LogP contribution in [0.4, 0.5) is 11.4 Å². The van der Waals surface area contributed by atoms with Crippen molar-refractivity contribution in [2.24, 2.45) is 0 Å². The van der Waals surface area contributed by atoms with E-state index in [0.29, 0.717) is 5.39 Å². The van der Waals surface area contributed by atoms with E-state index in [-0.39, 0.29) is 5.43 Å². The smallest absolute Gasteiger partial charge is 0.188 e. The van der Waals surface area contributed by atoms with Crippen LogP contribution in [0.5, 0.6) is 0 Å². The molecule has 2 N–H and O–H groups in total. The van der Waals surface area contributed by atoms with E-state index < -0.39 is 0 Å². The first-order chi connectivity index (χ1) is 12.8. The van der Waals surface area contributed by atoms with Gasteiger partial charge in [0.05, 0.1) is 33.1 Å². The molecule has 0 bridgehead atoms. The summed E-state index contributed by atoms with van der Waals surface area (Å²) in [6, 6.07) is 25.0. The second-order valence-corrected chi connectivity index (χ2v) is 6.24. The average Bonchev–Trinajstić information content (AvgIpc) is 2.67. The Bertz CT molecular complexity index is 1320. The van der Waals surface area contributed by atoms with Crippen molar-refractivity contribution in [3.8, 4) is 0 Å². The fourth-order valence-corrected chi connectivity index (χ4v) is 3.37. The first kappa shape index (κ1) is 14.7. The fraction of sp³-hybridized carbons (Fsp3) is 0. The van der Waals surface area contributed by atoms with Crippen molar-refractivity contribution in [1.82, 2.24) is 9.97 Å². The molecule has 1 heterocycles. The van der Waals surface area contributed by atoms with Crippen LogP contribution < -0.4 is 10.7 Å². The van der Waals surface area contributed by atoms with E-state index in [1.54, 1.807) is 12.1 Å². The first-order valence-corrected chi connectivity index (χ1v) is 8.46. The number of nitrogens with one attached hydrogen (secondary N) is 2. The molecular formula is C22H15N3O. The molecule has 5 aromatic rings. The number of H-pyrrole nitrogens is 1. The quantitative estimate of drug-likeness (QED) is 0.353. The highest BCUT2D eigenvalue weighted by Crippen LogP contribution is 2.31. The zero-order valence-corrected chi connectivity index (χ0v) is 13.9. The largest absolute Gasteiger partial charge is 0.355 e. The summed E-state index contributed by atoms with van der Waals surface area (Å²) in [4.78, 5) is 20.9. The van der Waals surface area contributed by atoms with Gasteiger partial charge in [0.15, 0.2) is 5.43 Å². The van der Waals surface area contributed by atoms with Gasteiger partial charge in [0.1, 0.15) is 0 Å². The lowest BCUT2D eigenvalue weighted by Gasteiger charge is -2.12. The van der Waals surface area contributed by atoms with Crippen molar-refractivity contribution >= 4 is 44.2 Å². The number of anilines is 2. The number of aromatic amines is 1. The third kappa shape index (κ3) is 2.31. The van der Waals surface area contributed by atoms with Crippen molar-refractivity contribution in [3.05, 3.63) is 89.1 Å². The van der Waals surface area contributed by atoms with Crippen LogP contribution in [0.2, 0.25) is 0 Å². The second kappa shape index (κ2) is 5.70. The van der Waals surface area contributed by atoms with Crippen LogP contribution in [0, 0.1) is 0 Å². The van der Waals surface area contributed by atoms with Crippen LogP contribution in [-0.4, -0.2) is 9.97 Å². The van der Waals surface area contributed by atoms with Gasteiger partial charge >= 0.3 is 0 Å². The van der Waals surface area contributed by atoms with Crippen LogP contribution >= 0.6 is 0 Å². The molecule has 0 aliphatic rings. The van der Waals surface area contributed by atoms with E-state index in [9.17, 15) is 4.79 Å². The van der Waals surface area contributed by atoms with Crippen LogP contribution in [-0.2, 0) is 0 Å². The molecule has 1 aromatic heterocycles. The third-order valence-corrected chi connectivity index (χ3v) is 4.55. The summed E-state index contributed by atoms with van der Waals surface area (Å²) < 4.78 is 0. The van der Waals surface area contributed by atoms with E-state index in [2.05, 4.69) is 10.3 Å². The third-order valence-electron chi connectivity index (χ3n) is 4.55. The summed E-state index contributed by atoms with van der Waals surface area (Å²) in [7, 11) is 0. The van der Waals surface area contributed by atoms with E-state index in [4.69, 9.17) is 4.98 Å². The highest BCUT2D eigenvalue weighted by Gasteiger charge is 2.12. The first-order valence-electron chi connectivity index (χ1n) is 8.46. The van der Waals surface area contributed by atoms with Crippen molar-refractivity contribution in [2.75, 3.05) is 5.32 Å². The van der Waals surface area contributed by atoms with Gasteiger partial charge in [-0.15, -0.1) is 0 Å². The molecular weight excluding hydrogens is 322 g/mol. The monoisotopic (exact) mass is 337 g/mol. The average molecular weight is 337 g/mol. The number of fused-ring (bicyclic) bond motifs is 4. The molecule has 0 spiro atoms. The molecule has 0 saturated carbocycles.